The molecule has 0 radical (unpaired) electrons. The zero-order valence-corrected chi connectivity index (χ0v) is 13.8. The van der Waals surface area contributed by atoms with Gasteiger partial charge in [-0.1, -0.05) is 6.07 Å². The van der Waals surface area contributed by atoms with Crippen LogP contribution in [0.1, 0.15) is 15.2 Å². The second-order valence-corrected chi connectivity index (χ2v) is 6.18. The summed E-state index contributed by atoms with van der Waals surface area (Å²) in [4.78, 5) is 26.7. The molecular weight excluding hydrogens is 326 g/mol. The number of ether oxygens (including phenoxy) is 2. The summed E-state index contributed by atoms with van der Waals surface area (Å²) in [6, 6.07) is 10.5. The summed E-state index contributed by atoms with van der Waals surface area (Å²) < 4.78 is 10.5. The third-order valence-corrected chi connectivity index (χ3v) is 4.39. The normalized spacial score (nSPS) is 14.8. The standard InChI is InChI=1S/C18H17NO4S/c20-17(8-7-16-2-1-13-24-16)14-3-5-15(6-4-14)23-18(21)19-9-11-22-12-10-19/h1-8,13H,9-12H2. The lowest BCUT2D eigenvalue weighted by Crippen LogP contribution is -2.42. The predicted octanol–water partition coefficient (Wildman–Crippen LogP) is 3.48. The molecule has 6 heteroatoms. The molecule has 1 amide bonds. The van der Waals surface area contributed by atoms with Gasteiger partial charge in [0.25, 0.3) is 0 Å². The second-order valence-electron chi connectivity index (χ2n) is 5.20. The SMILES string of the molecule is O=C(C=Cc1cccs1)c1ccc(OC(=O)N2CCOCC2)cc1. The predicted molar refractivity (Wildman–Crippen MR) is 92.5 cm³/mol. The Morgan fingerprint density at radius 2 is 1.88 bits per heavy atom. The number of carbonyl (C=O) groups is 2. The lowest BCUT2D eigenvalue weighted by Gasteiger charge is -2.25. The quantitative estimate of drug-likeness (QED) is 0.630. The number of morpholine rings is 1. The van der Waals surface area contributed by atoms with Gasteiger partial charge in [0, 0.05) is 23.5 Å². The van der Waals surface area contributed by atoms with Gasteiger partial charge in [0.2, 0.25) is 0 Å². The van der Waals surface area contributed by atoms with Gasteiger partial charge in [-0.05, 0) is 47.9 Å². The minimum atomic E-state index is -0.394. The van der Waals surface area contributed by atoms with Gasteiger partial charge in [0.05, 0.1) is 13.2 Å². The number of amides is 1. The molecule has 0 bridgehead atoms. The molecule has 124 valence electrons. The number of nitrogens with zero attached hydrogens (tertiary/aromatic N) is 1. The van der Waals surface area contributed by atoms with Gasteiger partial charge >= 0.3 is 6.09 Å². The van der Waals surface area contributed by atoms with Crippen molar-refractivity contribution >= 4 is 29.3 Å². The van der Waals surface area contributed by atoms with E-state index in [-0.39, 0.29) is 5.78 Å². The van der Waals surface area contributed by atoms with E-state index in [4.69, 9.17) is 9.47 Å². The number of hydrogen-bond donors (Lipinski definition) is 0. The molecule has 0 aliphatic carbocycles. The summed E-state index contributed by atoms with van der Waals surface area (Å²) in [6.07, 6.45) is 2.94. The van der Waals surface area contributed by atoms with Crippen LogP contribution >= 0.6 is 11.3 Å². The molecule has 1 aliphatic rings. The van der Waals surface area contributed by atoms with Gasteiger partial charge in [-0.15, -0.1) is 11.3 Å². The highest BCUT2D eigenvalue weighted by molar-refractivity contribution is 7.10. The average Bonchev–Trinajstić information content (AvgIpc) is 3.14. The molecule has 0 unspecified atom stereocenters. The van der Waals surface area contributed by atoms with Crippen LogP contribution in [0.3, 0.4) is 0 Å². The molecule has 3 rings (SSSR count). The first kappa shape index (κ1) is 16.4. The van der Waals surface area contributed by atoms with E-state index in [1.54, 1.807) is 52.7 Å². The number of ketones is 1. The topological polar surface area (TPSA) is 55.8 Å². The van der Waals surface area contributed by atoms with E-state index >= 15 is 0 Å². The summed E-state index contributed by atoms with van der Waals surface area (Å²) in [5, 5.41) is 1.96. The van der Waals surface area contributed by atoms with Crippen LogP contribution in [0, 0.1) is 0 Å². The van der Waals surface area contributed by atoms with Crippen LogP contribution in [-0.2, 0) is 4.74 Å². The van der Waals surface area contributed by atoms with E-state index in [2.05, 4.69) is 0 Å². The first-order valence-corrected chi connectivity index (χ1v) is 8.51. The highest BCUT2D eigenvalue weighted by Gasteiger charge is 2.18. The third kappa shape index (κ3) is 4.31. The van der Waals surface area contributed by atoms with Crippen LogP contribution in [0.2, 0.25) is 0 Å². The van der Waals surface area contributed by atoms with Crippen LogP contribution in [0.4, 0.5) is 4.79 Å². The summed E-state index contributed by atoms with van der Waals surface area (Å²) in [5.74, 6) is 0.333. The monoisotopic (exact) mass is 343 g/mol. The molecule has 1 aromatic carbocycles. The Kier molecular flexibility index (Phi) is 5.40. The first-order valence-electron chi connectivity index (χ1n) is 7.63. The molecule has 0 N–H and O–H groups in total. The Bertz CT molecular complexity index is 716. The van der Waals surface area contributed by atoms with Crippen molar-refractivity contribution in [2.45, 2.75) is 0 Å². The second kappa shape index (κ2) is 7.90. The zero-order chi connectivity index (χ0) is 16.8. The van der Waals surface area contributed by atoms with E-state index in [9.17, 15) is 9.59 Å². The first-order chi connectivity index (χ1) is 11.7. The van der Waals surface area contributed by atoms with Crippen LogP contribution in [0.15, 0.2) is 47.9 Å². The Balaban J connectivity index is 1.58. The summed E-state index contributed by atoms with van der Waals surface area (Å²) >= 11 is 1.57. The third-order valence-electron chi connectivity index (χ3n) is 3.56. The van der Waals surface area contributed by atoms with Crippen LogP contribution in [0.5, 0.6) is 5.75 Å². The number of allylic oxidation sites excluding steroid dienone is 1. The molecule has 5 nitrogen and oxygen atoms in total. The summed E-state index contributed by atoms with van der Waals surface area (Å²) in [6.45, 7) is 2.12. The fourth-order valence-corrected chi connectivity index (χ4v) is 2.86. The van der Waals surface area contributed by atoms with Gasteiger partial charge < -0.3 is 14.4 Å². The Hall–Kier alpha value is -2.44. The van der Waals surface area contributed by atoms with Crippen LogP contribution in [-0.4, -0.2) is 43.1 Å². The van der Waals surface area contributed by atoms with Crippen molar-refractivity contribution < 1.29 is 19.1 Å². The number of rotatable bonds is 4. The molecule has 1 saturated heterocycles. The minimum absolute atomic E-state index is 0.0885. The number of thiophene rings is 1. The van der Waals surface area contributed by atoms with Crippen molar-refractivity contribution in [2.24, 2.45) is 0 Å². The molecule has 0 atom stereocenters. The number of carbonyl (C=O) groups excluding carboxylic acids is 2. The molecule has 24 heavy (non-hydrogen) atoms. The van der Waals surface area contributed by atoms with E-state index in [1.165, 1.54) is 0 Å². The highest BCUT2D eigenvalue weighted by atomic mass is 32.1. The van der Waals surface area contributed by atoms with Gasteiger partial charge in [0.15, 0.2) is 5.78 Å². The Morgan fingerprint density at radius 3 is 2.54 bits per heavy atom. The zero-order valence-electron chi connectivity index (χ0n) is 13.0. The lowest BCUT2D eigenvalue weighted by atomic mass is 10.1. The molecule has 0 spiro atoms. The summed E-state index contributed by atoms with van der Waals surface area (Å²) in [5.41, 5.74) is 0.550. The maximum absolute atomic E-state index is 12.1. The van der Waals surface area contributed by atoms with Crippen molar-refractivity contribution in [3.63, 3.8) is 0 Å². The fourth-order valence-electron chi connectivity index (χ4n) is 2.24. The molecule has 1 aromatic heterocycles. The van der Waals surface area contributed by atoms with E-state index < -0.39 is 6.09 Å². The largest absolute Gasteiger partial charge is 0.415 e. The molecule has 1 fully saturated rings. The van der Waals surface area contributed by atoms with E-state index in [0.29, 0.717) is 37.6 Å². The number of hydrogen-bond acceptors (Lipinski definition) is 5. The van der Waals surface area contributed by atoms with E-state index in [0.717, 1.165) is 4.88 Å². The lowest BCUT2D eigenvalue weighted by molar-refractivity contribution is 0.0416. The van der Waals surface area contributed by atoms with Crippen molar-refractivity contribution in [1.82, 2.24) is 4.90 Å². The smallest absolute Gasteiger partial charge is 0.410 e. The van der Waals surface area contributed by atoms with Crippen molar-refractivity contribution in [2.75, 3.05) is 26.3 Å². The minimum Gasteiger partial charge on any atom is -0.410 e. The van der Waals surface area contributed by atoms with Gasteiger partial charge in [-0.3, -0.25) is 4.79 Å². The van der Waals surface area contributed by atoms with E-state index in [1.807, 2.05) is 17.5 Å². The molecular formula is C18H17NO4S. The number of benzene rings is 1. The average molecular weight is 343 g/mol. The molecule has 1 aliphatic heterocycles. The van der Waals surface area contributed by atoms with Crippen molar-refractivity contribution in [3.05, 3.63) is 58.3 Å². The van der Waals surface area contributed by atoms with Gasteiger partial charge in [-0.2, -0.15) is 0 Å². The summed E-state index contributed by atoms with van der Waals surface area (Å²) in [7, 11) is 0. The Morgan fingerprint density at radius 1 is 1.12 bits per heavy atom. The van der Waals surface area contributed by atoms with Crippen LogP contribution in [0.25, 0.3) is 6.08 Å². The highest BCUT2D eigenvalue weighted by Crippen LogP contribution is 2.16. The Labute approximate surface area is 144 Å². The maximum atomic E-state index is 12.1. The van der Waals surface area contributed by atoms with Gasteiger partial charge in [-0.25, -0.2) is 4.79 Å². The maximum Gasteiger partial charge on any atom is 0.415 e. The van der Waals surface area contributed by atoms with Gasteiger partial charge in [0.1, 0.15) is 5.75 Å². The molecule has 0 saturated carbocycles. The van der Waals surface area contributed by atoms with Crippen molar-refractivity contribution in [1.29, 1.82) is 0 Å². The van der Waals surface area contributed by atoms with Crippen LogP contribution < -0.4 is 4.74 Å². The molecule has 2 aromatic rings. The fraction of sp³-hybridized carbons (Fsp3) is 0.222. The molecule has 2 heterocycles. The van der Waals surface area contributed by atoms with Crippen molar-refractivity contribution in [3.8, 4) is 5.75 Å².